The fourth-order valence-electron chi connectivity index (χ4n) is 1.07. The number of rotatable bonds is 5. The van der Waals surface area contributed by atoms with Gasteiger partial charge in [-0.25, -0.2) is 9.97 Å². The van der Waals surface area contributed by atoms with E-state index in [-0.39, 0.29) is 10.7 Å². The lowest BCUT2D eigenvalue weighted by Gasteiger charge is -2.26. The van der Waals surface area contributed by atoms with E-state index in [1.54, 1.807) is 6.26 Å². The number of carbonyl (C=O) groups excluding carboxylic acids is 1. The second-order valence-corrected chi connectivity index (χ2v) is 5.06. The number of hydrogen-bond donors (Lipinski definition) is 3. The van der Waals surface area contributed by atoms with E-state index in [2.05, 4.69) is 15.3 Å². The molecule has 0 aromatic carbocycles. The molecule has 100 valence electrons. The first-order chi connectivity index (χ1) is 8.45. The van der Waals surface area contributed by atoms with E-state index in [1.807, 2.05) is 0 Å². The van der Waals surface area contributed by atoms with Crippen LogP contribution in [0.15, 0.2) is 11.4 Å². The summed E-state index contributed by atoms with van der Waals surface area (Å²) in [6, 6.07) is 0. The number of aromatic nitrogens is 2. The highest BCUT2D eigenvalue weighted by Crippen LogP contribution is 2.17. The van der Waals surface area contributed by atoms with Crippen LogP contribution in [-0.4, -0.2) is 51.1 Å². The molecule has 3 N–H and O–H groups in total. The minimum atomic E-state index is -1.12. The molecule has 1 aromatic rings. The molecule has 0 bridgehead atoms. The Kier molecular flexibility index (Phi) is 5.33. The van der Waals surface area contributed by atoms with Gasteiger partial charge in [-0.1, -0.05) is 23.4 Å². The van der Waals surface area contributed by atoms with Crippen LogP contribution in [0.2, 0.25) is 5.02 Å². The maximum atomic E-state index is 11.9. The molecule has 1 amide bonds. The lowest BCUT2D eigenvalue weighted by molar-refractivity contribution is 0.0719. The molecule has 6 nitrogen and oxygen atoms in total. The largest absolute Gasteiger partial charge is 0.394 e. The number of amides is 1. The number of aliphatic hydroxyl groups is 2. The average Bonchev–Trinajstić information content (AvgIpc) is 2.39. The predicted molar refractivity (Wildman–Crippen MR) is 68.9 cm³/mol. The van der Waals surface area contributed by atoms with Crippen molar-refractivity contribution >= 4 is 29.3 Å². The van der Waals surface area contributed by atoms with Crippen molar-refractivity contribution in [2.75, 3.05) is 19.5 Å². The molecule has 0 unspecified atom stereocenters. The zero-order chi connectivity index (χ0) is 13.8. The van der Waals surface area contributed by atoms with Crippen LogP contribution < -0.4 is 5.32 Å². The molecule has 1 rings (SSSR count). The Bertz CT molecular complexity index is 440. The van der Waals surface area contributed by atoms with Crippen molar-refractivity contribution in [2.24, 2.45) is 0 Å². The number of hydrogen-bond acceptors (Lipinski definition) is 6. The van der Waals surface area contributed by atoms with Crippen molar-refractivity contribution < 1.29 is 15.0 Å². The van der Waals surface area contributed by atoms with Crippen LogP contribution in [0.25, 0.3) is 0 Å². The van der Waals surface area contributed by atoms with Crippen molar-refractivity contribution in [1.82, 2.24) is 15.3 Å². The molecule has 0 aliphatic rings. The van der Waals surface area contributed by atoms with Gasteiger partial charge in [-0.15, -0.1) is 0 Å². The number of aliphatic hydroxyl groups excluding tert-OH is 2. The van der Waals surface area contributed by atoms with E-state index >= 15 is 0 Å². The zero-order valence-corrected chi connectivity index (χ0v) is 11.5. The molecule has 18 heavy (non-hydrogen) atoms. The van der Waals surface area contributed by atoms with Crippen LogP contribution in [0.3, 0.4) is 0 Å². The molecule has 0 atom stereocenters. The normalized spacial score (nSPS) is 11.4. The molecule has 0 fully saturated rings. The number of carbonyl (C=O) groups is 1. The second-order valence-electron chi connectivity index (χ2n) is 3.88. The lowest BCUT2D eigenvalue weighted by atomic mass is 10.1. The van der Waals surface area contributed by atoms with Crippen molar-refractivity contribution in [2.45, 2.75) is 17.6 Å². The Balaban J connectivity index is 2.97. The van der Waals surface area contributed by atoms with Gasteiger partial charge in [-0.05, 0) is 13.2 Å². The lowest BCUT2D eigenvalue weighted by Crippen LogP contribution is -2.52. The van der Waals surface area contributed by atoms with E-state index in [0.717, 1.165) is 0 Å². The molecule has 8 heteroatoms. The molecule has 1 heterocycles. The summed E-state index contributed by atoms with van der Waals surface area (Å²) in [6.45, 7) is 0.718. The zero-order valence-electron chi connectivity index (χ0n) is 9.97. The van der Waals surface area contributed by atoms with Gasteiger partial charge < -0.3 is 15.5 Å². The third kappa shape index (κ3) is 3.55. The van der Waals surface area contributed by atoms with Crippen LogP contribution in [0.4, 0.5) is 0 Å². The van der Waals surface area contributed by atoms with Gasteiger partial charge in [-0.2, -0.15) is 0 Å². The van der Waals surface area contributed by atoms with Crippen LogP contribution >= 0.6 is 23.4 Å². The van der Waals surface area contributed by atoms with Crippen LogP contribution in [-0.2, 0) is 0 Å². The Morgan fingerprint density at radius 3 is 2.67 bits per heavy atom. The Morgan fingerprint density at radius 2 is 2.17 bits per heavy atom. The van der Waals surface area contributed by atoms with Crippen molar-refractivity contribution in [3.63, 3.8) is 0 Å². The second kappa shape index (κ2) is 6.33. The SMILES string of the molecule is CSc1ncc(Cl)c(C(=O)NC(C)(CO)CO)n1. The first kappa shape index (κ1) is 15.2. The standard InChI is InChI=1S/C10H14ClN3O3S/c1-10(4-15,5-16)14-8(17)7-6(11)3-12-9(13-7)18-2/h3,15-16H,4-5H2,1-2H3,(H,14,17). The Morgan fingerprint density at radius 1 is 1.56 bits per heavy atom. The highest BCUT2D eigenvalue weighted by atomic mass is 35.5. The topological polar surface area (TPSA) is 95.3 Å². The van der Waals surface area contributed by atoms with Gasteiger partial charge in [0, 0.05) is 0 Å². The van der Waals surface area contributed by atoms with Gasteiger partial charge in [0.25, 0.3) is 5.91 Å². The fourth-order valence-corrected chi connectivity index (χ4v) is 1.59. The molecular weight excluding hydrogens is 278 g/mol. The maximum Gasteiger partial charge on any atom is 0.272 e. The van der Waals surface area contributed by atoms with E-state index in [1.165, 1.54) is 24.9 Å². The number of thioether (sulfide) groups is 1. The quantitative estimate of drug-likeness (QED) is 0.534. The van der Waals surface area contributed by atoms with Gasteiger partial charge in [0.05, 0.1) is 30.0 Å². The Labute approximate surface area is 114 Å². The number of nitrogens with zero attached hydrogens (tertiary/aromatic N) is 2. The summed E-state index contributed by atoms with van der Waals surface area (Å²) >= 11 is 7.12. The third-order valence-corrected chi connectivity index (χ3v) is 3.07. The Hall–Kier alpha value is -0.890. The predicted octanol–water partition coefficient (Wildman–Crippen LogP) is 0.325. The summed E-state index contributed by atoms with van der Waals surface area (Å²) in [6.07, 6.45) is 3.11. The average molecular weight is 292 g/mol. The molecule has 1 aromatic heterocycles. The van der Waals surface area contributed by atoms with Crippen molar-refractivity contribution in [3.8, 4) is 0 Å². The summed E-state index contributed by atoms with van der Waals surface area (Å²) in [7, 11) is 0. The smallest absolute Gasteiger partial charge is 0.272 e. The van der Waals surface area contributed by atoms with Gasteiger partial charge in [0.2, 0.25) is 0 Å². The van der Waals surface area contributed by atoms with Crippen LogP contribution in [0.1, 0.15) is 17.4 Å². The molecule has 0 radical (unpaired) electrons. The first-order valence-electron chi connectivity index (χ1n) is 5.06. The van der Waals surface area contributed by atoms with Gasteiger partial charge in [-0.3, -0.25) is 4.79 Å². The molecule has 0 saturated carbocycles. The number of nitrogens with one attached hydrogen (secondary N) is 1. The van der Waals surface area contributed by atoms with Gasteiger partial charge in [0.15, 0.2) is 10.9 Å². The highest BCUT2D eigenvalue weighted by molar-refractivity contribution is 7.98. The highest BCUT2D eigenvalue weighted by Gasteiger charge is 2.27. The summed E-state index contributed by atoms with van der Waals surface area (Å²) in [5.41, 5.74) is -1.10. The van der Waals surface area contributed by atoms with Crippen molar-refractivity contribution in [3.05, 3.63) is 16.9 Å². The van der Waals surface area contributed by atoms with E-state index in [9.17, 15) is 4.79 Å². The minimum absolute atomic E-state index is 0.0177. The first-order valence-corrected chi connectivity index (χ1v) is 6.67. The molecule has 0 spiro atoms. The summed E-state index contributed by atoms with van der Waals surface area (Å²) < 4.78 is 0. The fraction of sp³-hybridized carbons (Fsp3) is 0.500. The summed E-state index contributed by atoms with van der Waals surface area (Å²) in [5, 5.41) is 21.2. The van der Waals surface area contributed by atoms with Crippen molar-refractivity contribution in [1.29, 1.82) is 0 Å². The summed E-state index contributed by atoms with van der Waals surface area (Å²) in [4.78, 5) is 19.9. The van der Waals surface area contributed by atoms with Gasteiger partial charge in [0.1, 0.15) is 0 Å². The van der Waals surface area contributed by atoms with E-state index in [0.29, 0.717) is 5.16 Å². The van der Waals surface area contributed by atoms with E-state index < -0.39 is 24.7 Å². The third-order valence-electron chi connectivity index (χ3n) is 2.23. The molecule has 0 saturated heterocycles. The molecule has 0 aliphatic heterocycles. The maximum absolute atomic E-state index is 11.9. The van der Waals surface area contributed by atoms with Gasteiger partial charge >= 0.3 is 0 Å². The minimum Gasteiger partial charge on any atom is -0.394 e. The van der Waals surface area contributed by atoms with Crippen LogP contribution in [0, 0.1) is 0 Å². The molecule has 0 aliphatic carbocycles. The molecular formula is C10H14ClN3O3S. The number of halogens is 1. The van der Waals surface area contributed by atoms with E-state index in [4.69, 9.17) is 21.8 Å². The van der Waals surface area contributed by atoms with Crippen LogP contribution in [0.5, 0.6) is 0 Å². The summed E-state index contributed by atoms with van der Waals surface area (Å²) in [5.74, 6) is -0.566. The monoisotopic (exact) mass is 291 g/mol.